The van der Waals surface area contributed by atoms with Gasteiger partial charge >= 0.3 is 6.18 Å². The van der Waals surface area contributed by atoms with Crippen LogP contribution in [-0.4, -0.2) is 51.7 Å². The number of nitrogens with zero attached hydrogens (tertiary/aromatic N) is 4. The molecule has 0 atom stereocenters. The van der Waals surface area contributed by atoms with Crippen LogP contribution < -0.4 is 0 Å². The van der Waals surface area contributed by atoms with E-state index in [1.165, 1.54) is 4.90 Å². The fourth-order valence-corrected chi connectivity index (χ4v) is 3.52. The number of carbonyl (C=O) groups is 1. The number of benzene rings is 1. The fraction of sp³-hybridized carbons (Fsp3) is 0.278. The SMILES string of the molecule is O=C(c1nn2c(C(F)(F)F)cc(-c3ccc(Br)cc3)nc2c1Cl)N1CCOCC1. The molecular formula is C18H13BrClF3N4O2. The van der Waals surface area contributed by atoms with E-state index in [0.29, 0.717) is 36.4 Å². The van der Waals surface area contributed by atoms with Gasteiger partial charge < -0.3 is 9.64 Å². The van der Waals surface area contributed by atoms with Crippen LogP contribution in [0.5, 0.6) is 0 Å². The number of hydrogen-bond acceptors (Lipinski definition) is 4. The van der Waals surface area contributed by atoms with Crippen LogP contribution in [0.4, 0.5) is 13.2 Å². The van der Waals surface area contributed by atoms with Gasteiger partial charge in [0.25, 0.3) is 5.91 Å². The van der Waals surface area contributed by atoms with Gasteiger partial charge in [0.15, 0.2) is 17.0 Å². The van der Waals surface area contributed by atoms with Gasteiger partial charge in [0.2, 0.25) is 0 Å². The Morgan fingerprint density at radius 1 is 1.17 bits per heavy atom. The van der Waals surface area contributed by atoms with Crippen molar-refractivity contribution < 1.29 is 22.7 Å². The lowest BCUT2D eigenvalue weighted by atomic mass is 10.1. The predicted molar refractivity (Wildman–Crippen MR) is 103 cm³/mol. The van der Waals surface area contributed by atoms with Crippen molar-refractivity contribution in [2.75, 3.05) is 26.3 Å². The average Bonchev–Trinajstić information content (AvgIpc) is 3.04. The summed E-state index contributed by atoms with van der Waals surface area (Å²) in [6.07, 6.45) is -4.72. The maximum absolute atomic E-state index is 13.7. The van der Waals surface area contributed by atoms with E-state index in [4.69, 9.17) is 16.3 Å². The number of carbonyl (C=O) groups excluding carboxylic acids is 1. The van der Waals surface area contributed by atoms with Crippen LogP contribution >= 0.6 is 27.5 Å². The van der Waals surface area contributed by atoms with Crippen LogP contribution in [0.15, 0.2) is 34.8 Å². The van der Waals surface area contributed by atoms with Gasteiger partial charge in [-0.3, -0.25) is 4.79 Å². The molecule has 11 heteroatoms. The summed E-state index contributed by atoms with van der Waals surface area (Å²) in [5, 5.41) is 3.65. The molecule has 0 saturated carbocycles. The van der Waals surface area contributed by atoms with E-state index in [1.807, 2.05) is 0 Å². The Morgan fingerprint density at radius 2 is 1.83 bits per heavy atom. The first kappa shape index (κ1) is 20.1. The third-order valence-corrected chi connectivity index (χ3v) is 5.34. The molecule has 1 fully saturated rings. The highest BCUT2D eigenvalue weighted by Crippen LogP contribution is 2.35. The Kier molecular flexibility index (Phi) is 5.26. The van der Waals surface area contributed by atoms with Gasteiger partial charge in [0.05, 0.1) is 18.9 Å². The number of hydrogen-bond donors (Lipinski definition) is 0. The van der Waals surface area contributed by atoms with Gasteiger partial charge in [0, 0.05) is 23.1 Å². The molecule has 3 heterocycles. The Hall–Kier alpha value is -2.17. The molecular weight excluding hydrogens is 477 g/mol. The van der Waals surface area contributed by atoms with E-state index in [9.17, 15) is 18.0 Å². The van der Waals surface area contributed by atoms with Crippen LogP contribution in [0.1, 0.15) is 16.2 Å². The molecule has 1 aliphatic heterocycles. The molecule has 1 amide bonds. The highest BCUT2D eigenvalue weighted by Gasteiger charge is 2.37. The topological polar surface area (TPSA) is 59.7 Å². The molecule has 0 bridgehead atoms. The van der Waals surface area contributed by atoms with Crippen molar-refractivity contribution in [3.05, 3.63) is 51.2 Å². The Bertz CT molecular complexity index is 1080. The molecule has 1 aliphatic rings. The van der Waals surface area contributed by atoms with Crippen molar-refractivity contribution >= 4 is 39.1 Å². The number of alkyl halides is 3. The van der Waals surface area contributed by atoms with E-state index in [0.717, 1.165) is 10.5 Å². The summed E-state index contributed by atoms with van der Waals surface area (Å²) in [6, 6.07) is 7.54. The smallest absolute Gasteiger partial charge is 0.378 e. The summed E-state index contributed by atoms with van der Waals surface area (Å²) in [6.45, 7) is 1.31. The molecule has 4 rings (SSSR count). The molecule has 2 aromatic heterocycles. The largest absolute Gasteiger partial charge is 0.433 e. The molecule has 0 unspecified atom stereocenters. The Balaban J connectivity index is 1.88. The molecule has 152 valence electrons. The number of fused-ring (bicyclic) bond motifs is 1. The maximum Gasteiger partial charge on any atom is 0.433 e. The second-order valence-corrected chi connectivity index (χ2v) is 7.63. The highest BCUT2D eigenvalue weighted by atomic mass is 79.9. The number of aromatic nitrogens is 3. The van der Waals surface area contributed by atoms with Gasteiger partial charge in [0.1, 0.15) is 5.02 Å². The van der Waals surface area contributed by atoms with Crippen molar-refractivity contribution in [3.63, 3.8) is 0 Å². The Labute approximate surface area is 176 Å². The third-order valence-electron chi connectivity index (χ3n) is 4.46. The lowest BCUT2D eigenvalue weighted by Gasteiger charge is -2.26. The van der Waals surface area contributed by atoms with Gasteiger partial charge in [-0.15, -0.1) is 0 Å². The minimum atomic E-state index is -4.72. The second-order valence-electron chi connectivity index (χ2n) is 6.33. The lowest BCUT2D eigenvalue weighted by Crippen LogP contribution is -2.41. The molecule has 0 spiro atoms. The number of halogens is 5. The molecule has 1 saturated heterocycles. The normalized spacial score (nSPS) is 15.1. The van der Waals surface area contributed by atoms with Crippen LogP contribution in [0.2, 0.25) is 5.02 Å². The highest BCUT2D eigenvalue weighted by molar-refractivity contribution is 9.10. The van der Waals surface area contributed by atoms with Gasteiger partial charge in [-0.05, 0) is 18.2 Å². The zero-order chi connectivity index (χ0) is 20.8. The molecule has 0 N–H and O–H groups in total. The van der Waals surface area contributed by atoms with Gasteiger partial charge in [-0.1, -0.05) is 39.7 Å². The number of rotatable bonds is 2. The van der Waals surface area contributed by atoms with Crippen LogP contribution in [0.25, 0.3) is 16.9 Å². The molecule has 29 heavy (non-hydrogen) atoms. The van der Waals surface area contributed by atoms with Crippen LogP contribution in [-0.2, 0) is 10.9 Å². The van der Waals surface area contributed by atoms with Crippen molar-refractivity contribution in [1.29, 1.82) is 0 Å². The monoisotopic (exact) mass is 488 g/mol. The molecule has 0 radical (unpaired) electrons. The van der Waals surface area contributed by atoms with Gasteiger partial charge in [-0.2, -0.15) is 18.3 Å². The zero-order valence-electron chi connectivity index (χ0n) is 14.7. The molecule has 3 aromatic rings. The lowest BCUT2D eigenvalue weighted by molar-refractivity contribution is -0.142. The summed E-state index contributed by atoms with van der Waals surface area (Å²) in [5.74, 6) is -0.554. The fourth-order valence-electron chi connectivity index (χ4n) is 3.01. The first-order valence-electron chi connectivity index (χ1n) is 8.55. The minimum absolute atomic E-state index is 0.0736. The van der Waals surface area contributed by atoms with Crippen LogP contribution in [0, 0.1) is 0 Å². The first-order chi connectivity index (χ1) is 13.8. The molecule has 6 nitrogen and oxygen atoms in total. The predicted octanol–water partition coefficient (Wildman–Crippen LogP) is 4.30. The summed E-state index contributed by atoms with van der Waals surface area (Å²) in [5.41, 5.74) is -1.01. The Morgan fingerprint density at radius 3 is 2.45 bits per heavy atom. The summed E-state index contributed by atoms with van der Waals surface area (Å²) < 4.78 is 47.7. The molecule has 1 aromatic carbocycles. The van der Waals surface area contributed by atoms with E-state index in [1.54, 1.807) is 24.3 Å². The van der Waals surface area contributed by atoms with E-state index in [-0.39, 0.29) is 22.1 Å². The van der Waals surface area contributed by atoms with Gasteiger partial charge in [-0.25, -0.2) is 9.50 Å². The first-order valence-corrected chi connectivity index (χ1v) is 9.72. The summed E-state index contributed by atoms with van der Waals surface area (Å²) in [7, 11) is 0. The van der Waals surface area contributed by atoms with E-state index >= 15 is 0 Å². The minimum Gasteiger partial charge on any atom is -0.378 e. The van der Waals surface area contributed by atoms with Crippen LogP contribution in [0.3, 0.4) is 0 Å². The number of morpholine rings is 1. The van der Waals surface area contributed by atoms with Crippen molar-refractivity contribution in [2.45, 2.75) is 6.18 Å². The van der Waals surface area contributed by atoms with Crippen molar-refractivity contribution in [2.24, 2.45) is 0 Å². The maximum atomic E-state index is 13.7. The van der Waals surface area contributed by atoms with E-state index < -0.39 is 17.8 Å². The quantitative estimate of drug-likeness (QED) is 0.538. The number of amides is 1. The third kappa shape index (κ3) is 3.84. The zero-order valence-corrected chi connectivity index (χ0v) is 17.1. The summed E-state index contributed by atoms with van der Waals surface area (Å²) in [4.78, 5) is 18.4. The molecule has 0 aliphatic carbocycles. The standard InChI is InChI=1S/C18H13BrClF3N4O2/c19-11-3-1-10(2-4-11)12-9-13(18(21,22)23)27-16(24-12)14(20)15(25-27)17(28)26-5-7-29-8-6-26/h1-4,9H,5-8H2. The van der Waals surface area contributed by atoms with Crippen molar-refractivity contribution in [1.82, 2.24) is 19.5 Å². The number of ether oxygens (including phenoxy) is 1. The summed E-state index contributed by atoms with van der Waals surface area (Å²) >= 11 is 9.56. The second kappa shape index (κ2) is 7.58. The average molecular weight is 490 g/mol. The van der Waals surface area contributed by atoms with Crippen molar-refractivity contribution in [3.8, 4) is 11.3 Å². The van der Waals surface area contributed by atoms with E-state index in [2.05, 4.69) is 26.0 Å².